The number of carbonyl (C=O) groups excluding carboxylic acids is 2. The maximum absolute atomic E-state index is 12.8. The second-order valence-electron chi connectivity index (χ2n) is 7.00. The lowest BCUT2D eigenvalue weighted by Gasteiger charge is -2.30. The molecule has 0 fully saturated rings. The number of nitrogens with zero attached hydrogens (tertiary/aromatic N) is 2. The molecule has 0 spiro atoms. The first-order valence-corrected chi connectivity index (χ1v) is 9.58. The van der Waals surface area contributed by atoms with Gasteiger partial charge >= 0.3 is 0 Å². The minimum Gasteiger partial charge on any atom is -0.493 e. The summed E-state index contributed by atoms with van der Waals surface area (Å²) in [5.74, 6) is 0.599. The van der Waals surface area contributed by atoms with Gasteiger partial charge in [0.05, 0.1) is 18.8 Å². The molecule has 2 aromatic carbocycles. The number of methoxy groups -OCH3 is 1. The van der Waals surface area contributed by atoms with E-state index in [4.69, 9.17) is 9.15 Å². The molecule has 0 saturated carbocycles. The second kappa shape index (κ2) is 7.90. The van der Waals surface area contributed by atoms with Gasteiger partial charge in [-0.1, -0.05) is 30.3 Å². The fourth-order valence-corrected chi connectivity index (χ4v) is 3.27. The largest absolute Gasteiger partial charge is 0.493 e. The molecule has 1 aliphatic rings. The lowest BCUT2D eigenvalue weighted by molar-refractivity contribution is -0.120. The molecule has 2 amide bonds. The predicted octanol–water partition coefficient (Wildman–Crippen LogP) is 2.96. The summed E-state index contributed by atoms with van der Waals surface area (Å²) in [4.78, 5) is 29.5. The summed E-state index contributed by atoms with van der Waals surface area (Å²) < 4.78 is 11.2. The standard InChI is InChI=1S/C22H22N4O4/c1-13(18-12-15-8-7-11-17(29-3)19(15)30-18)24-21(27)20-23-14(2)22(28)26(25-20)16-9-5-4-6-10-16/h4-14H,1-3H3,(H,23,25)(H,24,27). The Bertz CT molecular complexity index is 1120. The van der Waals surface area contributed by atoms with Crippen LogP contribution in [0.5, 0.6) is 5.75 Å². The highest BCUT2D eigenvalue weighted by atomic mass is 16.5. The Morgan fingerprint density at radius 3 is 2.73 bits per heavy atom. The van der Waals surface area contributed by atoms with E-state index in [1.807, 2.05) is 49.4 Å². The number of anilines is 1. The van der Waals surface area contributed by atoms with Crippen LogP contribution in [0.2, 0.25) is 0 Å². The number of hydrogen-bond donors (Lipinski definition) is 2. The van der Waals surface area contributed by atoms with Crippen LogP contribution in [0.4, 0.5) is 5.69 Å². The van der Waals surface area contributed by atoms with Crippen LogP contribution in [0.25, 0.3) is 11.0 Å². The van der Waals surface area contributed by atoms with Gasteiger partial charge in [0.25, 0.3) is 11.8 Å². The Morgan fingerprint density at radius 1 is 1.23 bits per heavy atom. The number of aliphatic imine (C=N–C) groups is 1. The number of amides is 2. The summed E-state index contributed by atoms with van der Waals surface area (Å²) in [5.41, 5.74) is 4.08. The maximum atomic E-state index is 12.8. The summed E-state index contributed by atoms with van der Waals surface area (Å²) >= 11 is 0. The van der Waals surface area contributed by atoms with Crippen molar-refractivity contribution in [2.75, 3.05) is 12.1 Å². The first-order valence-electron chi connectivity index (χ1n) is 9.58. The van der Waals surface area contributed by atoms with Gasteiger partial charge in [-0.2, -0.15) is 0 Å². The fourth-order valence-electron chi connectivity index (χ4n) is 3.27. The van der Waals surface area contributed by atoms with E-state index in [0.29, 0.717) is 22.8 Å². The maximum Gasteiger partial charge on any atom is 0.288 e. The van der Waals surface area contributed by atoms with E-state index < -0.39 is 18.0 Å². The van der Waals surface area contributed by atoms with E-state index in [0.717, 1.165) is 5.39 Å². The molecule has 4 rings (SSSR count). The zero-order chi connectivity index (χ0) is 21.3. The first-order chi connectivity index (χ1) is 14.5. The number of benzene rings is 2. The van der Waals surface area contributed by atoms with Crippen LogP contribution >= 0.6 is 0 Å². The van der Waals surface area contributed by atoms with E-state index >= 15 is 0 Å². The fraction of sp³-hybridized carbons (Fsp3) is 0.227. The molecule has 1 aliphatic heterocycles. The van der Waals surface area contributed by atoms with Crippen molar-refractivity contribution >= 4 is 34.3 Å². The molecule has 2 atom stereocenters. The summed E-state index contributed by atoms with van der Waals surface area (Å²) in [6, 6.07) is 15.4. The number of furan rings is 1. The van der Waals surface area contributed by atoms with Crippen LogP contribution in [-0.4, -0.2) is 30.8 Å². The van der Waals surface area contributed by atoms with Crippen LogP contribution in [0.15, 0.2) is 64.0 Å². The van der Waals surface area contributed by atoms with Gasteiger partial charge in [0.2, 0.25) is 5.84 Å². The SMILES string of the molecule is COc1cccc2cc(C(C)NC(=O)C3=NC(C)C(=O)N(c4ccccc4)N3)oc12. The first kappa shape index (κ1) is 19.5. The molecule has 0 saturated heterocycles. The van der Waals surface area contributed by atoms with Crippen LogP contribution < -0.4 is 20.5 Å². The van der Waals surface area contributed by atoms with Crippen LogP contribution in [-0.2, 0) is 9.59 Å². The van der Waals surface area contributed by atoms with Gasteiger partial charge in [0, 0.05) is 5.39 Å². The Morgan fingerprint density at radius 2 is 2.00 bits per heavy atom. The molecule has 0 radical (unpaired) electrons. The molecular weight excluding hydrogens is 384 g/mol. The zero-order valence-corrected chi connectivity index (χ0v) is 16.9. The molecule has 2 heterocycles. The van der Waals surface area contributed by atoms with Crippen molar-refractivity contribution in [3.63, 3.8) is 0 Å². The number of amidine groups is 1. The normalized spacial score (nSPS) is 17.3. The second-order valence-corrected chi connectivity index (χ2v) is 7.00. The topological polar surface area (TPSA) is 96.2 Å². The van der Waals surface area contributed by atoms with Gasteiger partial charge in [0.15, 0.2) is 11.3 Å². The average Bonchev–Trinajstić information content (AvgIpc) is 3.20. The number of ether oxygens (including phenoxy) is 1. The van der Waals surface area contributed by atoms with Crippen molar-refractivity contribution in [1.29, 1.82) is 0 Å². The number of hydrogen-bond acceptors (Lipinski definition) is 6. The van der Waals surface area contributed by atoms with Crippen molar-refractivity contribution < 1.29 is 18.7 Å². The molecule has 154 valence electrons. The number of nitrogens with one attached hydrogen (secondary N) is 2. The van der Waals surface area contributed by atoms with Crippen molar-refractivity contribution in [2.24, 2.45) is 4.99 Å². The van der Waals surface area contributed by atoms with E-state index in [1.54, 1.807) is 26.2 Å². The lowest BCUT2D eigenvalue weighted by Crippen LogP contribution is -2.58. The Kier molecular flexibility index (Phi) is 5.14. The van der Waals surface area contributed by atoms with Crippen molar-refractivity contribution in [1.82, 2.24) is 10.7 Å². The zero-order valence-electron chi connectivity index (χ0n) is 16.9. The van der Waals surface area contributed by atoms with Gasteiger partial charge < -0.3 is 14.5 Å². The number of para-hydroxylation sites is 2. The molecule has 2 unspecified atom stereocenters. The van der Waals surface area contributed by atoms with E-state index in [2.05, 4.69) is 15.7 Å². The highest BCUT2D eigenvalue weighted by Crippen LogP contribution is 2.30. The van der Waals surface area contributed by atoms with E-state index in [1.165, 1.54) is 5.01 Å². The van der Waals surface area contributed by atoms with Gasteiger partial charge in [0.1, 0.15) is 11.8 Å². The van der Waals surface area contributed by atoms with Crippen LogP contribution in [0, 0.1) is 0 Å². The number of rotatable bonds is 5. The molecule has 1 aromatic heterocycles. The van der Waals surface area contributed by atoms with Crippen molar-refractivity contribution in [3.05, 3.63) is 60.4 Å². The van der Waals surface area contributed by atoms with Crippen molar-refractivity contribution in [3.8, 4) is 5.75 Å². The molecule has 8 nitrogen and oxygen atoms in total. The number of fused-ring (bicyclic) bond motifs is 1. The highest BCUT2D eigenvalue weighted by molar-refractivity contribution is 6.39. The molecule has 8 heteroatoms. The van der Waals surface area contributed by atoms with E-state index in [-0.39, 0.29) is 11.7 Å². The molecular formula is C22H22N4O4. The molecule has 0 bridgehead atoms. The number of hydrazine groups is 1. The Labute approximate surface area is 173 Å². The molecule has 3 aromatic rings. The highest BCUT2D eigenvalue weighted by Gasteiger charge is 2.31. The minimum atomic E-state index is -0.682. The monoisotopic (exact) mass is 406 g/mol. The average molecular weight is 406 g/mol. The Balaban J connectivity index is 1.53. The summed E-state index contributed by atoms with van der Waals surface area (Å²) in [5, 5.41) is 5.09. The Hall–Kier alpha value is -3.81. The lowest BCUT2D eigenvalue weighted by atomic mass is 10.2. The minimum absolute atomic E-state index is 0.0616. The third-order valence-electron chi connectivity index (χ3n) is 4.87. The summed E-state index contributed by atoms with van der Waals surface area (Å²) in [6.07, 6.45) is 0. The third kappa shape index (κ3) is 3.59. The molecule has 30 heavy (non-hydrogen) atoms. The molecule has 2 N–H and O–H groups in total. The smallest absolute Gasteiger partial charge is 0.288 e. The van der Waals surface area contributed by atoms with Gasteiger partial charge in [-0.15, -0.1) is 0 Å². The van der Waals surface area contributed by atoms with Crippen LogP contribution in [0.3, 0.4) is 0 Å². The number of carbonyl (C=O) groups is 2. The van der Waals surface area contributed by atoms with Gasteiger partial charge in [-0.3, -0.25) is 15.0 Å². The quantitative estimate of drug-likeness (QED) is 0.679. The molecule has 0 aliphatic carbocycles. The van der Waals surface area contributed by atoms with E-state index in [9.17, 15) is 9.59 Å². The van der Waals surface area contributed by atoms with Gasteiger partial charge in [-0.05, 0) is 38.1 Å². The van der Waals surface area contributed by atoms with Crippen LogP contribution in [0.1, 0.15) is 25.6 Å². The summed E-state index contributed by atoms with van der Waals surface area (Å²) in [6.45, 7) is 3.47. The summed E-state index contributed by atoms with van der Waals surface area (Å²) in [7, 11) is 1.58. The van der Waals surface area contributed by atoms with Gasteiger partial charge in [-0.25, -0.2) is 10.0 Å². The van der Waals surface area contributed by atoms with Crippen molar-refractivity contribution in [2.45, 2.75) is 25.9 Å². The predicted molar refractivity (Wildman–Crippen MR) is 113 cm³/mol. The third-order valence-corrected chi connectivity index (χ3v) is 4.87.